The molecule has 0 aromatic carbocycles. The van der Waals surface area contributed by atoms with E-state index in [9.17, 15) is 9.90 Å². The van der Waals surface area contributed by atoms with E-state index >= 15 is 0 Å². The second-order valence-corrected chi connectivity index (χ2v) is 11.7. The molecule has 0 bridgehead atoms. The van der Waals surface area contributed by atoms with Crippen molar-refractivity contribution < 1.29 is 14.6 Å². The number of fused-ring (bicyclic) bond motifs is 5. The van der Waals surface area contributed by atoms with Gasteiger partial charge in [-0.15, -0.1) is 0 Å². The largest absolute Gasteiger partial charge is 0.387 e. The van der Waals surface area contributed by atoms with Crippen LogP contribution in [0.4, 0.5) is 5.82 Å². The molecule has 176 valence electrons. The summed E-state index contributed by atoms with van der Waals surface area (Å²) in [7, 11) is 1.70. The summed E-state index contributed by atoms with van der Waals surface area (Å²) >= 11 is 0. The Morgan fingerprint density at radius 2 is 1.94 bits per heavy atom. The maximum absolute atomic E-state index is 13.3. The molecule has 5 heteroatoms. The van der Waals surface area contributed by atoms with Gasteiger partial charge in [0.15, 0.2) is 0 Å². The molecule has 4 fully saturated rings. The molecule has 0 unspecified atom stereocenters. The smallest absolute Gasteiger partial charge is 0.229 e. The van der Waals surface area contributed by atoms with E-state index in [2.05, 4.69) is 17.2 Å². The maximum Gasteiger partial charge on any atom is 0.229 e. The number of aliphatic hydroxyl groups is 1. The van der Waals surface area contributed by atoms with Crippen LogP contribution in [-0.2, 0) is 9.53 Å². The first-order valence-electron chi connectivity index (χ1n) is 12.8. The van der Waals surface area contributed by atoms with Crippen LogP contribution in [0.15, 0.2) is 18.2 Å². The van der Waals surface area contributed by atoms with Gasteiger partial charge in [0.25, 0.3) is 0 Å². The van der Waals surface area contributed by atoms with E-state index in [0.717, 1.165) is 55.6 Å². The first kappa shape index (κ1) is 22.3. The van der Waals surface area contributed by atoms with Crippen LogP contribution in [0.25, 0.3) is 0 Å². The van der Waals surface area contributed by atoms with E-state index in [1.54, 1.807) is 7.11 Å². The summed E-state index contributed by atoms with van der Waals surface area (Å²) < 4.78 is 5.33. The van der Waals surface area contributed by atoms with Crippen LogP contribution in [0.1, 0.15) is 70.4 Å². The second-order valence-electron chi connectivity index (χ2n) is 11.7. The van der Waals surface area contributed by atoms with Gasteiger partial charge >= 0.3 is 0 Å². The van der Waals surface area contributed by atoms with Gasteiger partial charge in [0.1, 0.15) is 5.82 Å². The van der Waals surface area contributed by atoms with Crippen molar-refractivity contribution in [2.45, 2.75) is 77.2 Å². The van der Waals surface area contributed by atoms with Gasteiger partial charge in [-0.3, -0.25) is 4.79 Å². The number of carbonyl (C=O) groups excluding carboxylic acids is 1. The van der Waals surface area contributed by atoms with Crippen molar-refractivity contribution in [1.82, 2.24) is 4.98 Å². The molecule has 1 aromatic heterocycles. The third kappa shape index (κ3) is 3.79. The molecule has 32 heavy (non-hydrogen) atoms. The van der Waals surface area contributed by atoms with Gasteiger partial charge < -0.3 is 15.2 Å². The number of nitrogens with zero attached hydrogens (tertiary/aromatic N) is 1. The fraction of sp³-hybridized carbons (Fsp3) is 0.778. The molecule has 8 atom stereocenters. The van der Waals surface area contributed by atoms with Crippen LogP contribution in [0.2, 0.25) is 0 Å². The molecule has 4 aliphatic rings. The minimum atomic E-state index is -0.619. The number of hydrogen-bond donors (Lipinski definition) is 2. The van der Waals surface area contributed by atoms with Gasteiger partial charge in [0.05, 0.1) is 12.2 Å². The number of anilines is 1. The number of methoxy groups -OCH3 is 1. The Morgan fingerprint density at radius 3 is 2.72 bits per heavy atom. The Bertz CT molecular complexity index is 859. The van der Waals surface area contributed by atoms with Crippen molar-refractivity contribution in [3.05, 3.63) is 23.9 Å². The molecule has 0 spiro atoms. The van der Waals surface area contributed by atoms with Crippen LogP contribution in [0.3, 0.4) is 0 Å². The molecule has 0 radical (unpaired) electrons. The van der Waals surface area contributed by atoms with Crippen molar-refractivity contribution in [2.24, 2.45) is 40.9 Å². The molecule has 5 rings (SSSR count). The molecule has 1 aromatic rings. The first-order chi connectivity index (χ1) is 15.3. The zero-order valence-corrected chi connectivity index (χ0v) is 20.0. The van der Waals surface area contributed by atoms with E-state index in [1.807, 2.05) is 25.1 Å². The second kappa shape index (κ2) is 8.39. The summed E-state index contributed by atoms with van der Waals surface area (Å²) in [6.45, 7) is 4.83. The average Bonchev–Trinajstić information content (AvgIpc) is 3.10. The molecule has 1 amide bonds. The van der Waals surface area contributed by atoms with E-state index in [-0.39, 0.29) is 17.2 Å². The van der Waals surface area contributed by atoms with E-state index in [1.165, 1.54) is 25.7 Å². The minimum Gasteiger partial charge on any atom is -0.387 e. The van der Waals surface area contributed by atoms with E-state index < -0.39 is 5.60 Å². The Balaban J connectivity index is 1.28. The lowest BCUT2D eigenvalue weighted by atomic mass is 9.49. The number of nitrogens with one attached hydrogen (secondary N) is 1. The third-order valence-electron chi connectivity index (χ3n) is 9.97. The van der Waals surface area contributed by atoms with Crippen molar-refractivity contribution in [3.8, 4) is 0 Å². The third-order valence-corrected chi connectivity index (χ3v) is 9.97. The molecule has 0 aliphatic heterocycles. The number of amides is 1. The van der Waals surface area contributed by atoms with Crippen molar-refractivity contribution in [2.75, 3.05) is 19.0 Å². The minimum absolute atomic E-state index is 0.0895. The molecule has 1 heterocycles. The number of carbonyl (C=O) groups is 1. The molecular formula is C27H40N2O3. The molecular weight excluding hydrogens is 400 g/mol. The average molecular weight is 441 g/mol. The lowest BCUT2D eigenvalue weighted by Crippen LogP contribution is -2.52. The highest BCUT2D eigenvalue weighted by Crippen LogP contribution is 2.64. The summed E-state index contributed by atoms with van der Waals surface area (Å²) in [5.41, 5.74) is 0.417. The Hall–Kier alpha value is -1.46. The van der Waals surface area contributed by atoms with Gasteiger partial charge in [0, 0.05) is 18.7 Å². The van der Waals surface area contributed by atoms with Crippen molar-refractivity contribution in [3.63, 3.8) is 0 Å². The molecule has 5 nitrogen and oxygen atoms in total. The highest BCUT2D eigenvalue weighted by molar-refractivity contribution is 5.92. The monoisotopic (exact) mass is 440 g/mol. The number of aryl methyl sites for hydroxylation is 1. The van der Waals surface area contributed by atoms with Gasteiger partial charge in [-0.25, -0.2) is 4.98 Å². The van der Waals surface area contributed by atoms with Crippen LogP contribution >= 0.6 is 0 Å². The van der Waals surface area contributed by atoms with E-state index in [0.29, 0.717) is 24.3 Å². The zero-order chi connectivity index (χ0) is 22.5. The number of rotatable bonds is 4. The standard InChI is InChI=1S/C27H40N2O3/c1-17-5-4-6-24(28-17)29-25(30)23-10-9-22-21-8-7-18-15-27(31,16-32-3)14-12-19(18)20(21)11-13-26(22,23)2/h4-6,18-23,31H,7-16H2,1-3H3,(H,28,29,30)/t18-,19+,20-,21-,22+,23-,26+,27-/m1/s1. The first-order valence-corrected chi connectivity index (χ1v) is 12.8. The van der Waals surface area contributed by atoms with Crippen molar-refractivity contribution >= 4 is 11.7 Å². The van der Waals surface area contributed by atoms with Crippen LogP contribution in [-0.4, -0.2) is 35.3 Å². The van der Waals surface area contributed by atoms with E-state index in [4.69, 9.17) is 4.74 Å². The summed E-state index contributed by atoms with van der Waals surface area (Å²) in [5, 5.41) is 14.1. The number of pyridine rings is 1. The normalized spacial score (nSPS) is 43.1. The predicted octanol–water partition coefficient (Wildman–Crippen LogP) is 4.97. The SMILES string of the molecule is COC[C@@]1(O)CC[C@H]2[C@H](CC[C@@H]3[C@@H]2CC[C@]2(C)[C@@H](C(=O)Nc4cccc(C)n4)CC[C@@H]32)C1. The quantitative estimate of drug-likeness (QED) is 0.693. The topological polar surface area (TPSA) is 71.5 Å². The Morgan fingerprint density at radius 1 is 1.12 bits per heavy atom. The molecule has 2 N–H and O–H groups in total. The Labute approximate surface area is 192 Å². The van der Waals surface area contributed by atoms with Gasteiger partial charge in [0.2, 0.25) is 5.91 Å². The summed E-state index contributed by atoms with van der Waals surface area (Å²) in [6.07, 6.45) is 10.0. The van der Waals surface area contributed by atoms with Crippen molar-refractivity contribution in [1.29, 1.82) is 0 Å². The van der Waals surface area contributed by atoms with Gasteiger partial charge in [-0.2, -0.15) is 0 Å². The summed E-state index contributed by atoms with van der Waals surface area (Å²) in [4.78, 5) is 17.8. The number of aromatic nitrogens is 1. The molecule has 0 saturated heterocycles. The number of ether oxygens (including phenoxy) is 1. The fourth-order valence-electron chi connectivity index (χ4n) is 8.62. The van der Waals surface area contributed by atoms with Crippen LogP contribution in [0.5, 0.6) is 0 Å². The summed E-state index contributed by atoms with van der Waals surface area (Å²) in [6, 6.07) is 5.81. The van der Waals surface area contributed by atoms with Crippen LogP contribution in [0, 0.1) is 47.8 Å². The molecule has 4 aliphatic carbocycles. The van der Waals surface area contributed by atoms with Gasteiger partial charge in [-0.05, 0) is 112 Å². The Kier molecular flexibility index (Phi) is 5.86. The highest BCUT2D eigenvalue weighted by atomic mass is 16.5. The fourth-order valence-corrected chi connectivity index (χ4v) is 8.62. The lowest BCUT2D eigenvalue weighted by molar-refractivity contribution is -0.134. The summed E-state index contributed by atoms with van der Waals surface area (Å²) in [5.74, 6) is 4.51. The zero-order valence-electron chi connectivity index (χ0n) is 20.0. The van der Waals surface area contributed by atoms with Crippen LogP contribution < -0.4 is 5.32 Å². The predicted molar refractivity (Wildman–Crippen MR) is 125 cm³/mol. The highest BCUT2D eigenvalue weighted by Gasteiger charge is 2.59. The molecule has 4 saturated carbocycles. The lowest BCUT2D eigenvalue weighted by Gasteiger charge is -2.57. The maximum atomic E-state index is 13.3. The number of hydrogen-bond acceptors (Lipinski definition) is 4. The van der Waals surface area contributed by atoms with Gasteiger partial charge in [-0.1, -0.05) is 13.0 Å².